The van der Waals surface area contributed by atoms with Gasteiger partial charge in [0.05, 0.1) is 11.6 Å². The van der Waals surface area contributed by atoms with Gasteiger partial charge in [-0.2, -0.15) is 5.26 Å². The fourth-order valence-electron chi connectivity index (χ4n) is 9.49. The molecule has 0 saturated heterocycles. The van der Waals surface area contributed by atoms with Gasteiger partial charge in [-0.15, -0.1) is 0 Å². The Morgan fingerprint density at radius 3 is 1.98 bits per heavy atom. The number of nitriles is 1. The fraction of sp³-hybridized carbons (Fsp3) is 0.349. The van der Waals surface area contributed by atoms with Crippen molar-refractivity contribution in [1.82, 2.24) is 15.0 Å². The van der Waals surface area contributed by atoms with E-state index < -0.39 is 0 Å². The summed E-state index contributed by atoms with van der Waals surface area (Å²) < 4.78 is 0. The zero-order valence-electron chi connectivity index (χ0n) is 27.9. The van der Waals surface area contributed by atoms with Crippen LogP contribution in [0.1, 0.15) is 88.5 Å². The van der Waals surface area contributed by atoms with Crippen LogP contribution in [0.5, 0.6) is 0 Å². The van der Waals surface area contributed by atoms with Crippen molar-refractivity contribution in [2.45, 2.75) is 77.0 Å². The average Bonchev–Trinajstić information content (AvgIpc) is 3.33. The van der Waals surface area contributed by atoms with E-state index in [0.29, 0.717) is 23.0 Å². The second kappa shape index (κ2) is 11.3. The molecule has 2 bridgehead atoms. The highest BCUT2D eigenvalue weighted by molar-refractivity contribution is 5.87. The van der Waals surface area contributed by atoms with Crippen molar-refractivity contribution >= 4 is 0 Å². The largest absolute Gasteiger partial charge is 0.208 e. The number of fused-ring (bicyclic) bond motifs is 5. The number of aromatic nitrogens is 3. The van der Waals surface area contributed by atoms with Crippen LogP contribution in [-0.4, -0.2) is 15.0 Å². The quantitative estimate of drug-likeness (QED) is 0.198. The number of benzene rings is 4. The van der Waals surface area contributed by atoms with E-state index in [-0.39, 0.29) is 10.8 Å². The summed E-state index contributed by atoms with van der Waals surface area (Å²) in [6, 6.07) is 34.2. The van der Waals surface area contributed by atoms with Gasteiger partial charge in [0.1, 0.15) is 0 Å². The Kier molecular flexibility index (Phi) is 7.14. The van der Waals surface area contributed by atoms with Crippen LogP contribution in [0.15, 0.2) is 91.0 Å². The molecule has 0 amide bonds. The zero-order chi connectivity index (χ0) is 32.3. The minimum atomic E-state index is -0.269. The van der Waals surface area contributed by atoms with Gasteiger partial charge in [0.2, 0.25) is 0 Å². The third-order valence-electron chi connectivity index (χ3n) is 11.5. The maximum Gasteiger partial charge on any atom is 0.164 e. The standard InChI is InChI=1S/C43H42N4/c1-5-28-19-29-18-27(2)23-43(24-28,25-29)34-16-17-35-36(22-34)42(3,4)37-21-32(20-33(26-44)38(35)37)41-46-39(30-12-8-6-9-13-30)45-40(47-41)31-14-10-7-11-15-31/h6-17,20-22,27-29H,5,18-19,23-25H2,1-4H3/t27-,28+,29-,43?/m1/s1. The molecule has 1 aromatic heterocycles. The molecule has 1 unspecified atom stereocenters. The molecule has 0 radical (unpaired) electrons. The highest BCUT2D eigenvalue weighted by Crippen LogP contribution is 2.57. The van der Waals surface area contributed by atoms with Crippen LogP contribution in [0.2, 0.25) is 0 Å². The van der Waals surface area contributed by atoms with Gasteiger partial charge >= 0.3 is 0 Å². The molecular formula is C43H42N4. The molecule has 4 atom stereocenters. The minimum absolute atomic E-state index is 0.261. The first-order valence-electron chi connectivity index (χ1n) is 17.4. The van der Waals surface area contributed by atoms with Gasteiger partial charge < -0.3 is 0 Å². The topological polar surface area (TPSA) is 62.5 Å². The molecule has 234 valence electrons. The molecule has 3 aliphatic rings. The highest BCUT2D eigenvalue weighted by atomic mass is 15.0. The molecule has 0 N–H and O–H groups in total. The summed E-state index contributed by atoms with van der Waals surface area (Å²) in [7, 11) is 0. The third kappa shape index (κ3) is 4.99. The second-order valence-corrected chi connectivity index (χ2v) is 15.1. The lowest BCUT2D eigenvalue weighted by molar-refractivity contribution is 0.0702. The van der Waals surface area contributed by atoms with E-state index in [1.807, 2.05) is 66.7 Å². The van der Waals surface area contributed by atoms with Gasteiger partial charge in [0.25, 0.3) is 0 Å². The van der Waals surface area contributed by atoms with Crippen molar-refractivity contribution in [3.8, 4) is 51.4 Å². The van der Waals surface area contributed by atoms with Crippen LogP contribution in [-0.2, 0) is 10.8 Å². The molecule has 3 aliphatic carbocycles. The van der Waals surface area contributed by atoms with E-state index in [9.17, 15) is 5.26 Å². The molecule has 2 fully saturated rings. The summed E-state index contributed by atoms with van der Waals surface area (Å²) in [5.41, 5.74) is 9.66. The van der Waals surface area contributed by atoms with Crippen molar-refractivity contribution in [3.63, 3.8) is 0 Å². The summed E-state index contributed by atoms with van der Waals surface area (Å²) in [5.74, 6) is 4.24. The third-order valence-corrected chi connectivity index (χ3v) is 11.5. The summed E-state index contributed by atoms with van der Waals surface area (Å²) in [6.45, 7) is 9.49. The molecule has 4 nitrogen and oxygen atoms in total. The smallest absolute Gasteiger partial charge is 0.164 e. The Hall–Kier alpha value is -4.62. The predicted octanol–water partition coefficient (Wildman–Crippen LogP) is 10.5. The van der Waals surface area contributed by atoms with Gasteiger partial charge in [-0.3, -0.25) is 0 Å². The summed E-state index contributed by atoms with van der Waals surface area (Å²) in [5, 5.41) is 10.6. The maximum atomic E-state index is 10.6. The Morgan fingerprint density at radius 2 is 1.36 bits per heavy atom. The Balaban J connectivity index is 1.26. The first-order valence-corrected chi connectivity index (χ1v) is 17.4. The average molecular weight is 615 g/mol. The SMILES string of the molecule is CC[C@H]1C[C@H]2C[C@@H](C)CC(c3ccc4c(c3)C(C)(C)c3cc(-c5nc(-c6ccccc6)nc(-c6ccccc6)n5)cc(C#N)c3-4)(C2)C1. The monoisotopic (exact) mass is 614 g/mol. The summed E-state index contributed by atoms with van der Waals surface area (Å²) in [6.07, 6.45) is 7.96. The Bertz CT molecular complexity index is 1960. The van der Waals surface area contributed by atoms with E-state index in [4.69, 9.17) is 15.0 Å². The van der Waals surface area contributed by atoms with Crippen LogP contribution in [0, 0.1) is 29.1 Å². The zero-order valence-corrected chi connectivity index (χ0v) is 27.9. The van der Waals surface area contributed by atoms with Crippen LogP contribution in [0.25, 0.3) is 45.3 Å². The molecule has 8 rings (SSSR count). The van der Waals surface area contributed by atoms with Crippen LogP contribution in [0.4, 0.5) is 0 Å². The second-order valence-electron chi connectivity index (χ2n) is 15.1. The molecule has 0 aliphatic heterocycles. The lowest BCUT2D eigenvalue weighted by atomic mass is 9.54. The van der Waals surface area contributed by atoms with E-state index in [1.54, 1.807) is 0 Å². The molecule has 4 aromatic carbocycles. The Morgan fingerprint density at radius 1 is 0.723 bits per heavy atom. The molecule has 47 heavy (non-hydrogen) atoms. The first kappa shape index (κ1) is 29.8. The first-order chi connectivity index (χ1) is 22.8. The predicted molar refractivity (Wildman–Crippen MR) is 190 cm³/mol. The van der Waals surface area contributed by atoms with Crippen LogP contribution in [0.3, 0.4) is 0 Å². The molecular weight excluding hydrogens is 573 g/mol. The van der Waals surface area contributed by atoms with Crippen LogP contribution >= 0.6 is 0 Å². The van der Waals surface area contributed by atoms with E-state index in [1.165, 1.54) is 60.8 Å². The van der Waals surface area contributed by atoms with E-state index >= 15 is 0 Å². The van der Waals surface area contributed by atoms with Gasteiger partial charge in [0, 0.05) is 27.7 Å². The molecule has 4 heteroatoms. The van der Waals surface area contributed by atoms with Crippen molar-refractivity contribution in [2.24, 2.45) is 17.8 Å². The molecule has 1 heterocycles. The Labute approximate surface area is 279 Å². The minimum Gasteiger partial charge on any atom is -0.208 e. The van der Waals surface area contributed by atoms with E-state index in [2.05, 4.69) is 58.0 Å². The number of hydrogen-bond donors (Lipinski definition) is 0. The number of hydrogen-bond acceptors (Lipinski definition) is 4. The molecule has 0 spiro atoms. The van der Waals surface area contributed by atoms with E-state index in [0.717, 1.165) is 40.0 Å². The van der Waals surface area contributed by atoms with Gasteiger partial charge in [-0.25, -0.2) is 15.0 Å². The fourth-order valence-corrected chi connectivity index (χ4v) is 9.49. The van der Waals surface area contributed by atoms with Crippen LogP contribution < -0.4 is 0 Å². The van der Waals surface area contributed by atoms with Crippen molar-refractivity contribution < 1.29 is 0 Å². The van der Waals surface area contributed by atoms with Crippen molar-refractivity contribution in [2.75, 3.05) is 0 Å². The highest BCUT2D eigenvalue weighted by Gasteiger charge is 2.47. The van der Waals surface area contributed by atoms with Gasteiger partial charge in [-0.05, 0) is 89.7 Å². The number of rotatable bonds is 5. The number of nitrogens with zero attached hydrogens (tertiary/aromatic N) is 4. The molecule has 5 aromatic rings. The van der Waals surface area contributed by atoms with Crippen molar-refractivity contribution in [3.05, 3.63) is 113 Å². The normalized spacial score (nSPS) is 23.9. The van der Waals surface area contributed by atoms with Crippen molar-refractivity contribution in [1.29, 1.82) is 5.26 Å². The summed E-state index contributed by atoms with van der Waals surface area (Å²) in [4.78, 5) is 14.9. The maximum absolute atomic E-state index is 10.6. The molecule has 2 saturated carbocycles. The summed E-state index contributed by atoms with van der Waals surface area (Å²) >= 11 is 0. The lowest BCUT2D eigenvalue weighted by Gasteiger charge is -2.51. The lowest BCUT2D eigenvalue weighted by Crippen LogP contribution is -2.42. The van der Waals surface area contributed by atoms with Gasteiger partial charge in [-0.1, -0.05) is 113 Å². The van der Waals surface area contributed by atoms with Gasteiger partial charge in [0.15, 0.2) is 17.5 Å².